The fourth-order valence-corrected chi connectivity index (χ4v) is 3.16. The Balaban J connectivity index is 2.17. The number of carbonyl (C=O) groups is 1. The molecule has 0 N–H and O–H groups in total. The smallest absolute Gasteiger partial charge is 0.305 e. The molecule has 158 valence electrons. The molecule has 1 aromatic rings. The van der Waals surface area contributed by atoms with Gasteiger partial charge in [-0.2, -0.15) is 0 Å². The van der Waals surface area contributed by atoms with Gasteiger partial charge in [0.25, 0.3) is 0 Å². The Morgan fingerprint density at radius 1 is 0.893 bits per heavy atom. The quantitative estimate of drug-likeness (QED) is 0.207. The Bertz CT molecular complexity index is 536. The van der Waals surface area contributed by atoms with Crippen molar-refractivity contribution in [3.63, 3.8) is 0 Å². The summed E-state index contributed by atoms with van der Waals surface area (Å²) in [5.41, 5.74) is 1.11. The molecule has 0 unspecified atom stereocenters. The minimum Gasteiger partial charge on any atom is -0.493 e. The molecule has 1 rings (SSSR count). The number of unbranched alkanes of at least 4 members (excludes halogenated alkanes) is 9. The molecule has 0 saturated carbocycles. The number of allylic oxidation sites excluding steroid dienone is 1. The van der Waals surface area contributed by atoms with Gasteiger partial charge in [0, 0.05) is 12.0 Å². The lowest BCUT2D eigenvalue weighted by Crippen LogP contribution is -2.07. The van der Waals surface area contributed by atoms with Crippen LogP contribution in [0.3, 0.4) is 0 Å². The molecule has 0 saturated heterocycles. The fraction of sp³-hybridized carbons (Fsp3) is 0.640. The molecule has 0 radical (unpaired) electrons. The molecule has 0 aliphatic rings. The minimum atomic E-state index is -0.153. The Kier molecular flexibility index (Phi) is 15.0. The van der Waals surface area contributed by atoms with E-state index in [1.165, 1.54) is 57.8 Å². The van der Waals surface area contributed by atoms with Gasteiger partial charge in [0.1, 0.15) is 5.75 Å². The van der Waals surface area contributed by atoms with E-state index in [4.69, 9.17) is 9.47 Å². The lowest BCUT2D eigenvalue weighted by atomic mass is 10.1. The summed E-state index contributed by atoms with van der Waals surface area (Å²) in [5.74, 6) is 0.731. The van der Waals surface area contributed by atoms with Crippen LogP contribution in [0.1, 0.15) is 96.5 Å². The van der Waals surface area contributed by atoms with E-state index in [1.807, 2.05) is 25.1 Å². The highest BCUT2D eigenvalue weighted by atomic mass is 16.5. The van der Waals surface area contributed by atoms with Gasteiger partial charge in [-0.15, -0.1) is 0 Å². The van der Waals surface area contributed by atoms with Crippen molar-refractivity contribution in [3.05, 3.63) is 35.9 Å². The van der Waals surface area contributed by atoms with Gasteiger partial charge in [-0.05, 0) is 32.3 Å². The van der Waals surface area contributed by atoms with Crippen LogP contribution in [0.15, 0.2) is 30.3 Å². The first kappa shape index (κ1) is 24.3. The standard InChI is InChI=1S/C25H40O3/c1-3-5-6-7-8-9-10-11-12-13-14-18-23-19-15-16-20-24(23)28-22-17-21-25(26)27-4-2/h14-16,18-20H,3-13,17,21-22H2,1-2H3/b18-14-. The average molecular weight is 389 g/mol. The number of esters is 1. The second kappa shape index (κ2) is 17.3. The largest absolute Gasteiger partial charge is 0.493 e. The Morgan fingerprint density at radius 2 is 1.57 bits per heavy atom. The Morgan fingerprint density at radius 3 is 2.29 bits per heavy atom. The third-order valence-electron chi connectivity index (χ3n) is 4.78. The van der Waals surface area contributed by atoms with Crippen molar-refractivity contribution in [2.24, 2.45) is 0 Å². The maximum atomic E-state index is 11.4. The van der Waals surface area contributed by atoms with Gasteiger partial charge in [-0.25, -0.2) is 0 Å². The first-order chi connectivity index (χ1) is 13.8. The van der Waals surface area contributed by atoms with Crippen LogP contribution in [-0.4, -0.2) is 19.2 Å². The molecule has 0 fully saturated rings. The van der Waals surface area contributed by atoms with E-state index in [0.717, 1.165) is 17.7 Å². The van der Waals surface area contributed by atoms with Gasteiger partial charge in [0.05, 0.1) is 13.2 Å². The van der Waals surface area contributed by atoms with Crippen molar-refractivity contribution in [2.45, 2.75) is 90.9 Å². The SMILES string of the molecule is CCCCCCCCCCC/C=C\c1ccccc1OCCCC(=O)OCC. The summed E-state index contributed by atoms with van der Waals surface area (Å²) in [6.07, 6.45) is 18.9. The van der Waals surface area contributed by atoms with E-state index in [-0.39, 0.29) is 5.97 Å². The summed E-state index contributed by atoms with van der Waals surface area (Å²) in [4.78, 5) is 11.4. The highest BCUT2D eigenvalue weighted by Gasteiger charge is 2.03. The molecule has 1 aromatic carbocycles. The van der Waals surface area contributed by atoms with Crippen molar-refractivity contribution in [2.75, 3.05) is 13.2 Å². The molecule has 0 atom stereocenters. The van der Waals surface area contributed by atoms with Crippen molar-refractivity contribution in [1.82, 2.24) is 0 Å². The van der Waals surface area contributed by atoms with Crippen LogP contribution in [0.4, 0.5) is 0 Å². The molecule has 0 aromatic heterocycles. The van der Waals surface area contributed by atoms with Gasteiger partial charge < -0.3 is 9.47 Å². The second-order valence-electron chi connectivity index (χ2n) is 7.31. The van der Waals surface area contributed by atoms with Crippen LogP contribution in [0.25, 0.3) is 6.08 Å². The third kappa shape index (κ3) is 12.6. The highest BCUT2D eigenvalue weighted by Crippen LogP contribution is 2.20. The number of rotatable bonds is 17. The van der Waals surface area contributed by atoms with E-state index in [0.29, 0.717) is 26.1 Å². The van der Waals surface area contributed by atoms with Crippen LogP contribution < -0.4 is 4.74 Å². The minimum absolute atomic E-state index is 0.153. The van der Waals surface area contributed by atoms with E-state index in [9.17, 15) is 4.79 Å². The number of carbonyl (C=O) groups excluding carboxylic acids is 1. The first-order valence-electron chi connectivity index (χ1n) is 11.3. The topological polar surface area (TPSA) is 35.5 Å². The lowest BCUT2D eigenvalue weighted by Gasteiger charge is -2.09. The molecule has 0 spiro atoms. The van der Waals surface area contributed by atoms with Gasteiger partial charge in [0.15, 0.2) is 0 Å². The molecule has 0 heterocycles. The van der Waals surface area contributed by atoms with Crippen LogP contribution in [0.2, 0.25) is 0 Å². The maximum absolute atomic E-state index is 11.4. The van der Waals surface area contributed by atoms with Crippen LogP contribution in [0.5, 0.6) is 5.75 Å². The van der Waals surface area contributed by atoms with Gasteiger partial charge in [-0.1, -0.05) is 88.6 Å². The first-order valence-corrected chi connectivity index (χ1v) is 11.3. The number of para-hydroxylation sites is 1. The molecule has 0 bridgehead atoms. The lowest BCUT2D eigenvalue weighted by molar-refractivity contribution is -0.143. The Labute approximate surface area is 172 Å². The molecule has 0 amide bonds. The van der Waals surface area contributed by atoms with Gasteiger partial charge >= 0.3 is 5.97 Å². The van der Waals surface area contributed by atoms with Crippen LogP contribution >= 0.6 is 0 Å². The normalized spacial score (nSPS) is 11.1. The molecule has 3 heteroatoms. The summed E-state index contributed by atoms with van der Waals surface area (Å²) < 4.78 is 10.8. The molecule has 0 aliphatic heterocycles. The predicted molar refractivity (Wildman–Crippen MR) is 119 cm³/mol. The van der Waals surface area contributed by atoms with Crippen LogP contribution in [-0.2, 0) is 9.53 Å². The fourth-order valence-electron chi connectivity index (χ4n) is 3.16. The number of benzene rings is 1. The molecule has 28 heavy (non-hydrogen) atoms. The van der Waals surface area contributed by atoms with Gasteiger partial charge in [-0.3, -0.25) is 4.79 Å². The third-order valence-corrected chi connectivity index (χ3v) is 4.78. The second-order valence-corrected chi connectivity index (χ2v) is 7.31. The highest BCUT2D eigenvalue weighted by molar-refractivity contribution is 5.69. The number of hydrogen-bond acceptors (Lipinski definition) is 3. The summed E-state index contributed by atoms with van der Waals surface area (Å²) in [6.45, 7) is 5.06. The van der Waals surface area contributed by atoms with E-state index >= 15 is 0 Å². The predicted octanol–water partition coefficient (Wildman–Crippen LogP) is 7.34. The van der Waals surface area contributed by atoms with Crippen molar-refractivity contribution < 1.29 is 14.3 Å². The zero-order valence-electron chi connectivity index (χ0n) is 18.1. The summed E-state index contributed by atoms with van der Waals surface area (Å²) in [5, 5.41) is 0. The molecular weight excluding hydrogens is 348 g/mol. The zero-order valence-corrected chi connectivity index (χ0v) is 18.1. The average Bonchev–Trinajstić information content (AvgIpc) is 2.70. The van der Waals surface area contributed by atoms with Crippen molar-refractivity contribution in [3.8, 4) is 5.75 Å². The van der Waals surface area contributed by atoms with Gasteiger partial charge in [0.2, 0.25) is 0 Å². The molecule has 0 aliphatic carbocycles. The monoisotopic (exact) mass is 388 g/mol. The van der Waals surface area contributed by atoms with Crippen molar-refractivity contribution in [1.29, 1.82) is 0 Å². The number of ether oxygens (including phenoxy) is 2. The van der Waals surface area contributed by atoms with E-state index < -0.39 is 0 Å². The van der Waals surface area contributed by atoms with Crippen molar-refractivity contribution >= 4 is 12.0 Å². The zero-order chi connectivity index (χ0) is 20.3. The molecular formula is C25H40O3. The maximum Gasteiger partial charge on any atom is 0.305 e. The summed E-state index contributed by atoms with van der Waals surface area (Å²) >= 11 is 0. The summed E-state index contributed by atoms with van der Waals surface area (Å²) in [6, 6.07) is 8.08. The summed E-state index contributed by atoms with van der Waals surface area (Å²) in [7, 11) is 0. The van der Waals surface area contributed by atoms with E-state index in [1.54, 1.807) is 0 Å². The van der Waals surface area contributed by atoms with E-state index in [2.05, 4.69) is 25.1 Å². The van der Waals surface area contributed by atoms with Crippen LogP contribution in [0, 0.1) is 0 Å². The number of hydrogen-bond donors (Lipinski definition) is 0. The molecule has 3 nitrogen and oxygen atoms in total. The Hall–Kier alpha value is -1.77.